The number of hydrogen-bond donors (Lipinski definition) is 5. The van der Waals surface area contributed by atoms with E-state index in [0.29, 0.717) is 28.4 Å². The Morgan fingerprint density at radius 1 is 0.698 bits per heavy atom. The van der Waals surface area contributed by atoms with Gasteiger partial charge in [0.05, 0.1) is 21.6 Å². The van der Waals surface area contributed by atoms with E-state index >= 15 is 0 Å². The molecule has 0 bridgehead atoms. The Balaban J connectivity index is 1.14. The van der Waals surface area contributed by atoms with Gasteiger partial charge in [-0.1, -0.05) is 30.3 Å². The van der Waals surface area contributed by atoms with Gasteiger partial charge in [-0.3, -0.25) is 9.59 Å². The molecular weight excluding hydrogens is 715 g/mol. The van der Waals surface area contributed by atoms with Gasteiger partial charge in [0.1, 0.15) is 10.4 Å². The van der Waals surface area contributed by atoms with Crippen molar-refractivity contribution in [3.8, 4) is 0 Å². The first-order valence-corrected chi connectivity index (χ1v) is 19.4. The summed E-state index contributed by atoms with van der Waals surface area (Å²) in [4.78, 5) is 50.7. The zero-order chi connectivity index (χ0) is 37.7. The maximum atomic E-state index is 13.8. The van der Waals surface area contributed by atoms with Gasteiger partial charge in [-0.2, -0.15) is 0 Å². The molecular formula is C40H37N3O8S2. The Morgan fingerprint density at radius 2 is 1.26 bits per heavy atom. The number of amides is 2. The summed E-state index contributed by atoms with van der Waals surface area (Å²) in [5.74, 6) is -2.96. The van der Waals surface area contributed by atoms with Crippen LogP contribution in [0.2, 0.25) is 0 Å². The summed E-state index contributed by atoms with van der Waals surface area (Å²) in [5.41, 5.74) is 4.82. The topological polar surface area (TPSA) is 179 Å². The normalized spacial score (nSPS) is 13.0. The van der Waals surface area contributed by atoms with Crippen molar-refractivity contribution < 1.29 is 37.8 Å². The number of carbonyl (C=O) groups excluding carboxylic acids is 2. The first kappa shape index (κ1) is 37.0. The molecule has 0 saturated carbocycles. The molecule has 5 aromatic rings. The Bertz CT molecular complexity index is 2280. The van der Waals surface area contributed by atoms with Crippen LogP contribution >= 0.6 is 11.3 Å². The first-order valence-electron chi connectivity index (χ1n) is 17.0. The van der Waals surface area contributed by atoms with Crippen molar-refractivity contribution in [3.05, 3.63) is 141 Å². The van der Waals surface area contributed by atoms with Gasteiger partial charge >= 0.3 is 11.9 Å². The summed E-state index contributed by atoms with van der Waals surface area (Å²) in [6, 6.07) is 25.7. The molecule has 11 nitrogen and oxygen atoms in total. The fraction of sp³-hybridized carbons (Fsp3) is 0.200. The van der Waals surface area contributed by atoms with Crippen molar-refractivity contribution in [1.82, 2.24) is 0 Å². The van der Waals surface area contributed by atoms with E-state index in [1.54, 1.807) is 24.3 Å². The lowest BCUT2D eigenvalue weighted by molar-refractivity contribution is 0.0686. The van der Waals surface area contributed by atoms with Gasteiger partial charge in [-0.15, -0.1) is 11.3 Å². The molecule has 2 amide bonds. The summed E-state index contributed by atoms with van der Waals surface area (Å²) in [7, 11) is -3.96. The van der Waals surface area contributed by atoms with Crippen LogP contribution < -0.4 is 16.0 Å². The lowest BCUT2D eigenvalue weighted by Gasteiger charge is -2.17. The molecule has 1 atom stereocenters. The predicted octanol–water partition coefficient (Wildman–Crippen LogP) is 7.54. The van der Waals surface area contributed by atoms with Gasteiger partial charge < -0.3 is 26.2 Å². The maximum absolute atomic E-state index is 13.8. The van der Waals surface area contributed by atoms with Crippen LogP contribution in [0.1, 0.15) is 82.8 Å². The van der Waals surface area contributed by atoms with Gasteiger partial charge in [-0.05, 0) is 129 Å². The van der Waals surface area contributed by atoms with Gasteiger partial charge in [-0.25, -0.2) is 18.0 Å². The van der Waals surface area contributed by atoms with Gasteiger partial charge in [0, 0.05) is 21.8 Å². The molecule has 0 saturated heterocycles. The lowest BCUT2D eigenvalue weighted by Crippen LogP contribution is -2.27. The van der Waals surface area contributed by atoms with E-state index in [1.807, 2.05) is 24.3 Å². The number of carboxylic acids is 2. The largest absolute Gasteiger partial charge is 0.478 e. The van der Waals surface area contributed by atoms with Gasteiger partial charge in [0.15, 0.2) is 9.84 Å². The molecule has 1 aliphatic rings. The average Bonchev–Trinajstić information content (AvgIpc) is 3.52. The first-order chi connectivity index (χ1) is 25.4. The molecule has 53 heavy (non-hydrogen) atoms. The van der Waals surface area contributed by atoms with Crippen LogP contribution in [0.25, 0.3) is 0 Å². The van der Waals surface area contributed by atoms with Crippen molar-refractivity contribution in [2.75, 3.05) is 16.0 Å². The van der Waals surface area contributed by atoms with E-state index in [0.717, 1.165) is 53.7 Å². The van der Waals surface area contributed by atoms with Crippen molar-refractivity contribution in [2.24, 2.45) is 0 Å². The summed E-state index contributed by atoms with van der Waals surface area (Å²) in [5, 5.41) is 26.3. The highest BCUT2D eigenvalue weighted by atomic mass is 32.2. The number of rotatable bonds is 13. The molecule has 1 unspecified atom stereocenters. The molecule has 1 heterocycles. The number of aryl methyl sites for hydroxylation is 3. The maximum Gasteiger partial charge on any atom is 0.335 e. The van der Waals surface area contributed by atoms with E-state index in [2.05, 4.69) is 16.0 Å². The quantitative estimate of drug-likeness (QED) is 0.0813. The van der Waals surface area contributed by atoms with E-state index in [-0.39, 0.29) is 27.5 Å². The Labute approximate surface area is 310 Å². The third-order valence-corrected chi connectivity index (χ3v) is 12.3. The number of hydrogen-bond acceptors (Lipinski definition) is 8. The molecule has 272 valence electrons. The van der Waals surface area contributed by atoms with Gasteiger partial charge in [0.25, 0.3) is 11.8 Å². The zero-order valence-electron chi connectivity index (χ0n) is 28.7. The Kier molecular flexibility index (Phi) is 11.1. The molecule has 1 aliphatic carbocycles. The molecule has 4 aromatic carbocycles. The number of nitrogens with one attached hydrogen (secondary N) is 3. The average molecular weight is 752 g/mol. The van der Waals surface area contributed by atoms with Crippen LogP contribution in [0.4, 0.5) is 16.4 Å². The molecule has 0 aliphatic heterocycles. The second kappa shape index (κ2) is 15.8. The fourth-order valence-electron chi connectivity index (χ4n) is 6.16. The number of thiophene rings is 1. The highest BCUT2D eigenvalue weighted by Gasteiger charge is 2.28. The number of carbonyl (C=O) groups is 4. The Morgan fingerprint density at radius 3 is 1.89 bits per heavy atom. The summed E-state index contributed by atoms with van der Waals surface area (Å²) in [6.45, 7) is 1.46. The number of fused-ring (bicyclic) bond motifs is 1. The summed E-state index contributed by atoms with van der Waals surface area (Å²) >= 11 is 1.36. The van der Waals surface area contributed by atoms with Crippen LogP contribution in [0.5, 0.6) is 0 Å². The minimum atomic E-state index is -3.96. The molecule has 0 spiro atoms. The smallest absolute Gasteiger partial charge is 0.335 e. The monoisotopic (exact) mass is 751 g/mol. The van der Waals surface area contributed by atoms with E-state index < -0.39 is 33.1 Å². The number of aromatic carboxylic acids is 2. The second-order valence-electron chi connectivity index (χ2n) is 12.8. The second-order valence-corrected chi connectivity index (χ2v) is 16.1. The third kappa shape index (κ3) is 8.65. The molecule has 0 fully saturated rings. The zero-order valence-corrected chi connectivity index (χ0v) is 30.4. The summed E-state index contributed by atoms with van der Waals surface area (Å²) in [6.07, 6.45) is 4.85. The highest BCUT2D eigenvalue weighted by Crippen LogP contribution is 2.39. The number of benzene rings is 4. The number of anilines is 3. The minimum Gasteiger partial charge on any atom is -0.478 e. The third-order valence-electron chi connectivity index (χ3n) is 9.13. The van der Waals surface area contributed by atoms with Gasteiger partial charge in [0.2, 0.25) is 0 Å². The molecule has 13 heteroatoms. The Hall–Kier alpha value is -5.79. The molecule has 0 radical (unpaired) electrons. The van der Waals surface area contributed by atoms with Crippen molar-refractivity contribution in [1.29, 1.82) is 0 Å². The number of sulfone groups is 1. The SMILES string of the molecule is CC(Nc1ccc(C(=O)O)cc1)S(=O)(=O)c1cccc(C(=O)Nc2sc3c(c2C(=O)Nc2ccc(CCc4ccc(C(=O)O)cc4)cc2)CCCC3)c1. The van der Waals surface area contributed by atoms with Crippen LogP contribution in [-0.4, -0.2) is 47.8 Å². The standard InChI is InChI=1S/C40H37N3O8S2/c1-24(41-30-21-17-28(18-22-30)40(48)49)53(50,51)32-6-4-5-29(23-32)36(44)43-38-35(33-7-2-3-8-34(33)52-38)37(45)42-31-19-13-26(14-20-31)10-9-25-11-15-27(16-12-25)39(46)47/h4-6,11-24,41H,2-3,7-10H2,1H3,(H,42,45)(H,43,44)(H,46,47)(H,48,49). The molecule has 1 aromatic heterocycles. The van der Waals surface area contributed by atoms with Crippen LogP contribution in [0.3, 0.4) is 0 Å². The lowest BCUT2D eigenvalue weighted by atomic mass is 9.95. The predicted molar refractivity (Wildman–Crippen MR) is 204 cm³/mol. The number of carboxylic acid groups (broad SMARTS) is 2. The van der Waals surface area contributed by atoms with Crippen LogP contribution in [0, 0.1) is 0 Å². The fourth-order valence-corrected chi connectivity index (χ4v) is 8.70. The van der Waals surface area contributed by atoms with E-state index in [9.17, 15) is 27.6 Å². The van der Waals surface area contributed by atoms with Crippen LogP contribution in [0.15, 0.2) is 102 Å². The molecule has 5 N–H and O–H groups in total. The van der Waals surface area contributed by atoms with Crippen molar-refractivity contribution in [3.63, 3.8) is 0 Å². The highest BCUT2D eigenvalue weighted by molar-refractivity contribution is 7.92. The van der Waals surface area contributed by atoms with Crippen molar-refractivity contribution >= 4 is 61.3 Å². The summed E-state index contributed by atoms with van der Waals surface area (Å²) < 4.78 is 27.0. The van der Waals surface area contributed by atoms with Crippen molar-refractivity contribution in [2.45, 2.75) is 55.7 Å². The minimum absolute atomic E-state index is 0.0723. The van der Waals surface area contributed by atoms with Crippen LogP contribution in [-0.2, 0) is 35.5 Å². The van der Waals surface area contributed by atoms with E-state index in [1.165, 1.54) is 66.8 Å². The molecule has 6 rings (SSSR count). The van der Waals surface area contributed by atoms with E-state index in [4.69, 9.17) is 10.2 Å².